The van der Waals surface area contributed by atoms with Gasteiger partial charge in [0.25, 0.3) is 0 Å². The third kappa shape index (κ3) is 3.50. The van der Waals surface area contributed by atoms with Crippen LogP contribution in [0, 0.1) is 5.92 Å². The van der Waals surface area contributed by atoms with Crippen LogP contribution >= 0.6 is 0 Å². The van der Waals surface area contributed by atoms with Gasteiger partial charge in [0.1, 0.15) is 0 Å². The van der Waals surface area contributed by atoms with Crippen LogP contribution in [0.5, 0.6) is 0 Å². The smallest absolute Gasteiger partial charge is 0.310 e. The molecule has 3 heteroatoms. The molecule has 138 valence electrons. The Bertz CT molecular complexity index is 777. The zero-order valence-electron chi connectivity index (χ0n) is 15.8. The van der Waals surface area contributed by atoms with E-state index in [9.17, 15) is 4.79 Å². The fourth-order valence-electron chi connectivity index (χ4n) is 5.28. The van der Waals surface area contributed by atoms with Crippen molar-refractivity contribution in [3.05, 3.63) is 48.0 Å². The Morgan fingerprint density at radius 1 is 1.04 bits per heavy atom. The maximum atomic E-state index is 12.5. The molecule has 2 saturated heterocycles. The van der Waals surface area contributed by atoms with Crippen LogP contribution in [-0.2, 0) is 16.0 Å². The van der Waals surface area contributed by atoms with Crippen LogP contribution in [-0.4, -0.2) is 43.2 Å². The topological polar surface area (TPSA) is 26.3 Å². The number of rotatable bonds is 4. The summed E-state index contributed by atoms with van der Waals surface area (Å²) >= 11 is 0. The van der Waals surface area contributed by atoms with Gasteiger partial charge < -0.3 is 9.22 Å². The van der Waals surface area contributed by atoms with Gasteiger partial charge in [0.05, 0.1) is 39.2 Å². The number of esters is 1. The lowest BCUT2D eigenvalue weighted by molar-refractivity contribution is -0.947. The molecule has 1 unspecified atom stereocenters. The molecule has 0 radical (unpaired) electrons. The zero-order valence-corrected chi connectivity index (χ0v) is 15.8. The lowest BCUT2D eigenvalue weighted by Crippen LogP contribution is -2.61. The van der Waals surface area contributed by atoms with Gasteiger partial charge in [0, 0.05) is 12.3 Å². The maximum Gasteiger partial charge on any atom is 0.310 e. The minimum absolute atomic E-state index is 0.0862. The molecule has 2 fully saturated rings. The number of carbonyl (C=O) groups excluding carboxylic acids is 1. The van der Waals surface area contributed by atoms with Gasteiger partial charge in [-0.25, -0.2) is 0 Å². The summed E-state index contributed by atoms with van der Waals surface area (Å²) in [7, 11) is 2.41. The molecular weight excluding hydrogens is 322 g/mol. The lowest BCUT2D eigenvalue weighted by Gasteiger charge is -2.51. The van der Waals surface area contributed by atoms with Crippen LogP contribution in [0.15, 0.2) is 42.5 Å². The summed E-state index contributed by atoms with van der Waals surface area (Å²) in [5.41, 5.74) is 1.06. The van der Waals surface area contributed by atoms with Gasteiger partial charge in [-0.05, 0) is 42.0 Å². The molecule has 0 aliphatic carbocycles. The third-order valence-electron chi connectivity index (χ3n) is 6.68. The van der Waals surface area contributed by atoms with Crippen LogP contribution in [0.4, 0.5) is 0 Å². The highest BCUT2D eigenvalue weighted by Crippen LogP contribution is 2.36. The molecule has 0 amide bonds. The Morgan fingerprint density at radius 2 is 1.85 bits per heavy atom. The number of benzene rings is 2. The average molecular weight is 352 g/mol. The van der Waals surface area contributed by atoms with Gasteiger partial charge >= 0.3 is 5.97 Å². The summed E-state index contributed by atoms with van der Waals surface area (Å²) in [6.07, 6.45) is 6.81. The SMILES string of the molecule is C[N+]12CCCC[C@@H]1[C@@H](COC(=O)Cc1cccc3ccccc13)CCC2. The van der Waals surface area contributed by atoms with Gasteiger partial charge in [-0.3, -0.25) is 4.79 Å². The van der Waals surface area contributed by atoms with Crippen LogP contribution in [0.1, 0.15) is 37.7 Å². The molecule has 0 bridgehead atoms. The van der Waals surface area contributed by atoms with Crippen molar-refractivity contribution in [1.82, 2.24) is 0 Å². The molecule has 2 aromatic rings. The van der Waals surface area contributed by atoms with Crippen LogP contribution < -0.4 is 0 Å². The Hall–Kier alpha value is -1.87. The molecular formula is C23H30NO2+. The number of quaternary nitrogens is 1. The number of piperidine rings is 2. The molecule has 2 heterocycles. The first-order chi connectivity index (χ1) is 12.7. The summed E-state index contributed by atoms with van der Waals surface area (Å²) in [4.78, 5) is 12.5. The molecule has 3 atom stereocenters. The number of nitrogens with zero attached hydrogens (tertiary/aromatic N) is 1. The minimum atomic E-state index is -0.0862. The molecule has 0 spiro atoms. The molecule has 3 nitrogen and oxygen atoms in total. The second-order valence-electron chi connectivity index (χ2n) is 8.39. The third-order valence-corrected chi connectivity index (χ3v) is 6.68. The van der Waals surface area contributed by atoms with Crippen molar-refractivity contribution in [2.45, 2.75) is 44.6 Å². The van der Waals surface area contributed by atoms with Crippen molar-refractivity contribution in [1.29, 1.82) is 0 Å². The molecule has 2 aliphatic rings. The van der Waals surface area contributed by atoms with Crippen molar-refractivity contribution >= 4 is 16.7 Å². The summed E-state index contributed by atoms with van der Waals surface area (Å²) < 4.78 is 6.98. The first-order valence-corrected chi connectivity index (χ1v) is 10.1. The van der Waals surface area contributed by atoms with Crippen molar-refractivity contribution in [3.8, 4) is 0 Å². The average Bonchev–Trinajstić information content (AvgIpc) is 2.66. The second-order valence-corrected chi connectivity index (χ2v) is 8.39. The Balaban J connectivity index is 1.39. The summed E-state index contributed by atoms with van der Waals surface area (Å²) in [6, 6.07) is 15.1. The van der Waals surface area contributed by atoms with Crippen LogP contribution in [0.2, 0.25) is 0 Å². The van der Waals surface area contributed by atoms with E-state index in [-0.39, 0.29) is 5.97 Å². The molecule has 0 saturated carbocycles. The number of hydrogen-bond donors (Lipinski definition) is 0. The standard InChI is InChI=1S/C23H30NO2/c1-24-14-5-4-13-22(24)20(11-7-15-24)17-26-23(25)16-19-10-6-9-18-8-2-3-12-21(18)19/h2-3,6,8-10,12,20,22H,4-5,7,11,13-17H2,1H3/q+1/t20-,22-,24?/m1/s1. The quantitative estimate of drug-likeness (QED) is 0.604. The Labute approximate surface area is 156 Å². The van der Waals surface area contributed by atoms with E-state index in [1.807, 2.05) is 24.3 Å². The fourth-order valence-corrected chi connectivity index (χ4v) is 5.28. The predicted molar refractivity (Wildman–Crippen MR) is 105 cm³/mol. The Morgan fingerprint density at radius 3 is 2.77 bits per heavy atom. The largest absolute Gasteiger partial charge is 0.465 e. The van der Waals surface area contributed by atoms with Gasteiger partial charge in [0.2, 0.25) is 0 Å². The first-order valence-electron chi connectivity index (χ1n) is 10.1. The van der Waals surface area contributed by atoms with Crippen LogP contribution in [0.25, 0.3) is 10.8 Å². The number of fused-ring (bicyclic) bond motifs is 2. The molecule has 26 heavy (non-hydrogen) atoms. The van der Waals surface area contributed by atoms with E-state index in [2.05, 4.69) is 25.2 Å². The molecule has 2 aromatic carbocycles. The van der Waals surface area contributed by atoms with Gasteiger partial charge in [0.15, 0.2) is 0 Å². The number of hydrogen-bond acceptors (Lipinski definition) is 2. The highest BCUT2D eigenvalue weighted by molar-refractivity contribution is 5.88. The minimum Gasteiger partial charge on any atom is -0.465 e. The van der Waals surface area contributed by atoms with Crippen molar-refractivity contribution in [3.63, 3.8) is 0 Å². The highest BCUT2D eigenvalue weighted by Gasteiger charge is 2.43. The zero-order chi connectivity index (χ0) is 18.0. The van der Waals surface area contributed by atoms with E-state index < -0.39 is 0 Å². The lowest BCUT2D eigenvalue weighted by atomic mass is 9.82. The van der Waals surface area contributed by atoms with E-state index in [1.165, 1.54) is 55.1 Å². The second kappa shape index (κ2) is 7.40. The normalized spacial score (nSPS) is 28.5. The monoisotopic (exact) mass is 352 g/mol. The fraction of sp³-hybridized carbons (Fsp3) is 0.522. The molecule has 0 aromatic heterocycles. The van der Waals surface area contributed by atoms with Gasteiger partial charge in [-0.2, -0.15) is 0 Å². The first kappa shape index (κ1) is 17.5. The van der Waals surface area contributed by atoms with E-state index >= 15 is 0 Å². The predicted octanol–water partition coefficient (Wildman–Crippen LogP) is 4.33. The molecule has 2 aliphatic heterocycles. The molecule has 0 N–H and O–H groups in total. The number of ether oxygens (including phenoxy) is 1. The van der Waals surface area contributed by atoms with E-state index in [0.29, 0.717) is 25.0 Å². The summed E-state index contributed by atoms with van der Waals surface area (Å²) in [6.45, 7) is 3.19. The van der Waals surface area contributed by atoms with E-state index in [0.717, 1.165) is 10.9 Å². The maximum absolute atomic E-state index is 12.5. The van der Waals surface area contributed by atoms with Crippen LogP contribution in [0.3, 0.4) is 0 Å². The van der Waals surface area contributed by atoms with Crippen molar-refractivity contribution < 1.29 is 14.0 Å². The summed E-state index contributed by atoms with van der Waals surface area (Å²) in [5, 5.41) is 2.33. The van der Waals surface area contributed by atoms with Gasteiger partial charge in [-0.15, -0.1) is 0 Å². The van der Waals surface area contributed by atoms with E-state index in [4.69, 9.17) is 4.74 Å². The van der Waals surface area contributed by atoms with Crippen molar-refractivity contribution in [2.75, 3.05) is 26.7 Å². The summed E-state index contributed by atoms with van der Waals surface area (Å²) in [5.74, 6) is 0.447. The van der Waals surface area contributed by atoms with E-state index in [1.54, 1.807) is 0 Å². The number of carbonyl (C=O) groups is 1. The Kier molecular flexibility index (Phi) is 4.99. The molecule has 4 rings (SSSR count). The highest BCUT2D eigenvalue weighted by atomic mass is 16.5. The van der Waals surface area contributed by atoms with Crippen molar-refractivity contribution in [2.24, 2.45) is 5.92 Å². The van der Waals surface area contributed by atoms with Gasteiger partial charge in [-0.1, -0.05) is 42.5 Å².